The zero-order valence-electron chi connectivity index (χ0n) is 14.8. The molecule has 12 heteroatoms. The molecule has 0 unspecified atom stereocenters. The van der Waals surface area contributed by atoms with Gasteiger partial charge in [-0.2, -0.15) is 11.8 Å². The van der Waals surface area contributed by atoms with E-state index < -0.39 is 36.6 Å². The number of nitrogen functional groups attached to an aromatic ring is 1. The van der Waals surface area contributed by atoms with E-state index in [0.717, 1.165) is 0 Å². The summed E-state index contributed by atoms with van der Waals surface area (Å²) in [5.41, 5.74) is 6.39. The Morgan fingerprint density at radius 3 is 2.78 bits per heavy atom. The number of carboxylic acids is 1. The minimum absolute atomic E-state index is 0.110. The summed E-state index contributed by atoms with van der Waals surface area (Å²) in [4.78, 5) is 24.0. The van der Waals surface area contributed by atoms with Crippen molar-refractivity contribution in [2.75, 3.05) is 23.1 Å². The highest BCUT2D eigenvalue weighted by Gasteiger charge is 2.43. The number of carboxylic acid groups (broad SMARTS) is 1. The third kappa shape index (κ3) is 3.65. The number of hydrogen-bond acceptors (Lipinski definition) is 10. The molecule has 0 amide bonds. The van der Waals surface area contributed by atoms with E-state index >= 15 is 0 Å². The van der Waals surface area contributed by atoms with Crippen molar-refractivity contribution in [2.24, 2.45) is 0 Å². The first kappa shape index (κ1) is 19.6. The molecular weight excluding hydrogens is 376 g/mol. The summed E-state index contributed by atoms with van der Waals surface area (Å²) in [6.45, 7) is 1.63. The standard InChI is InChI=1S/C15H22N6O5S/c1-6-9(22)10(23)13(26-6)21-12-8(11(16)17-5-18-12)20-15(21)19-7(14(24)25)3-4-27-2/h5-7,9-10,13,22-23H,3-4H2,1-2H3,(H,19,20)(H,24,25)(H2,16,17,18)/t6-,7+,9-,10-,13-/m1/s1. The summed E-state index contributed by atoms with van der Waals surface area (Å²) in [5.74, 6) is -0.178. The molecule has 1 saturated heterocycles. The first-order valence-corrected chi connectivity index (χ1v) is 9.72. The van der Waals surface area contributed by atoms with Crippen molar-refractivity contribution in [3.05, 3.63) is 6.33 Å². The number of nitrogens with two attached hydrogens (primary N) is 1. The Labute approximate surface area is 159 Å². The molecule has 2 aromatic rings. The normalized spacial score (nSPS) is 26.4. The Morgan fingerprint density at radius 2 is 2.19 bits per heavy atom. The predicted molar refractivity (Wildman–Crippen MR) is 99.4 cm³/mol. The zero-order valence-corrected chi connectivity index (χ0v) is 15.6. The van der Waals surface area contributed by atoms with Gasteiger partial charge in [0.15, 0.2) is 23.2 Å². The number of carbonyl (C=O) groups is 1. The molecule has 148 valence electrons. The highest BCUT2D eigenvalue weighted by atomic mass is 32.2. The Balaban J connectivity index is 2.06. The second-order valence-corrected chi connectivity index (χ2v) is 7.25. The van der Waals surface area contributed by atoms with E-state index in [9.17, 15) is 20.1 Å². The number of aromatic nitrogens is 4. The second-order valence-electron chi connectivity index (χ2n) is 6.27. The van der Waals surface area contributed by atoms with Gasteiger partial charge >= 0.3 is 5.97 Å². The largest absolute Gasteiger partial charge is 0.480 e. The lowest BCUT2D eigenvalue weighted by atomic mass is 10.1. The third-order valence-corrected chi connectivity index (χ3v) is 5.09. The van der Waals surface area contributed by atoms with Crippen LogP contribution < -0.4 is 11.1 Å². The number of hydrogen-bond donors (Lipinski definition) is 5. The number of nitrogens with zero attached hydrogens (tertiary/aromatic N) is 4. The lowest BCUT2D eigenvalue weighted by Crippen LogP contribution is -2.34. The van der Waals surface area contributed by atoms with Crippen molar-refractivity contribution < 1.29 is 24.9 Å². The van der Waals surface area contributed by atoms with Crippen LogP contribution in [0.5, 0.6) is 0 Å². The second kappa shape index (κ2) is 7.84. The topological polar surface area (TPSA) is 169 Å². The smallest absolute Gasteiger partial charge is 0.326 e. The molecule has 3 rings (SSSR count). The Morgan fingerprint density at radius 1 is 1.44 bits per heavy atom. The first-order chi connectivity index (χ1) is 12.8. The van der Waals surface area contributed by atoms with Gasteiger partial charge in [0.1, 0.15) is 24.6 Å². The van der Waals surface area contributed by atoms with Gasteiger partial charge in [-0.3, -0.25) is 4.57 Å². The van der Waals surface area contributed by atoms with Gasteiger partial charge in [-0.05, 0) is 25.4 Å². The van der Waals surface area contributed by atoms with Gasteiger partial charge in [0, 0.05) is 0 Å². The number of imidazole rings is 1. The molecular formula is C15H22N6O5S. The van der Waals surface area contributed by atoms with Gasteiger partial charge in [-0.15, -0.1) is 0 Å². The number of ether oxygens (including phenoxy) is 1. The highest BCUT2D eigenvalue weighted by Crippen LogP contribution is 2.35. The van der Waals surface area contributed by atoms with E-state index in [1.165, 1.54) is 22.7 Å². The zero-order chi connectivity index (χ0) is 19.7. The summed E-state index contributed by atoms with van der Waals surface area (Å²) in [5, 5.41) is 32.8. The molecule has 0 saturated carbocycles. The molecule has 1 aliphatic heterocycles. The molecule has 3 heterocycles. The lowest BCUT2D eigenvalue weighted by molar-refractivity contribution is -0.138. The van der Waals surface area contributed by atoms with Crippen molar-refractivity contribution in [1.29, 1.82) is 0 Å². The van der Waals surface area contributed by atoms with Gasteiger partial charge in [-0.1, -0.05) is 0 Å². The van der Waals surface area contributed by atoms with Crippen LogP contribution in [0, 0.1) is 0 Å². The maximum atomic E-state index is 11.6. The molecule has 0 aromatic carbocycles. The maximum Gasteiger partial charge on any atom is 0.326 e. The summed E-state index contributed by atoms with van der Waals surface area (Å²) >= 11 is 1.53. The van der Waals surface area contributed by atoms with Crippen LogP contribution in [0.4, 0.5) is 11.8 Å². The molecule has 0 aliphatic carbocycles. The number of fused-ring (bicyclic) bond motifs is 1. The maximum absolute atomic E-state index is 11.6. The highest BCUT2D eigenvalue weighted by molar-refractivity contribution is 7.98. The van der Waals surface area contributed by atoms with Crippen molar-refractivity contribution in [2.45, 2.75) is 43.9 Å². The van der Waals surface area contributed by atoms with Gasteiger partial charge < -0.3 is 31.1 Å². The Bertz CT molecular complexity index is 832. The number of aliphatic hydroxyl groups excluding tert-OH is 2. The Kier molecular flexibility index (Phi) is 5.69. The molecule has 2 aromatic heterocycles. The monoisotopic (exact) mass is 398 g/mol. The SMILES string of the molecule is CSCC[C@H](Nc1nc2c(N)ncnc2n1[C@@H]1O[C@H](C)[C@@H](O)[C@H]1O)C(=O)O. The molecule has 0 radical (unpaired) electrons. The molecule has 0 spiro atoms. The predicted octanol–water partition coefficient (Wildman–Crippen LogP) is -0.334. The first-order valence-electron chi connectivity index (χ1n) is 8.33. The summed E-state index contributed by atoms with van der Waals surface area (Å²) in [7, 11) is 0. The van der Waals surface area contributed by atoms with Crippen molar-refractivity contribution in [1.82, 2.24) is 19.5 Å². The van der Waals surface area contributed by atoms with Gasteiger partial charge in [0.25, 0.3) is 0 Å². The number of anilines is 2. The Hall–Kier alpha value is -2.15. The van der Waals surface area contributed by atoms with E-state index in [1.807, 2.05) is 6.26 Å². The van der Waals surface area contributed by atoms with E-state index in [4.69, 9.17) is 10.5 Å². The molecule has 0 bridgehead atoms. The van der Waals surface area contributed by atoms with Crippen molar-refractivity contribution in [3.8, 4) is 0 Å². The van der Waals surface area contributed by atoms with Crippen LogP contribution in [0.15, 0.2) is 6.33 Å². The minimum atomic E-state index is -1.25. The average Bonchev–Trinajstić information content (AvgIpc) is 3.11. The number of aliphatic hydroxyl groups is 2. The number of rotatable bonds is 7. The van der Waals surface area contributed by atoms with Crippen LogP contribution in [-0.4, -0.2) is 77.2 Å². The summed E-state index contributed by atoms with van der Waals surface area (Å²) < 4.78 is 7.09. The fourth-order valence-corrected chi connectivity index (χ4v) is 3.43. The van der Waals surface area contributed by atoms with Crippen molar-refractivity contribution in [3.63, 3.8) is 0 Å². The number of thioether (sulfide) groups is 1. The van der Waals surface area contributed by atoms with Crippen molar-refractivity contribution >= 4 is 40.7 Å². The van der Waals surface area contributed by atoms with Crippen LogP contribution in [-0.2, 0) is 9.53 Å². The van der Waals surface area contributed by atoms with Crippen LogP contribution in [0.25, 0.3) is 11.2 Å². The van der Waals surface area contributed by atoms with Gasteiger partial charge in [-0.25, -0.2) is 19.7 Å². The van der Waals surface area contributed by atoms with Crippen LogP contribution >= 0.6 is 11.8 Å². The van der Waals surface area contributed by atoms with E-state index in [2.05, 4.69) is 20.3 Å². The van der Waals surface area contributed by atoms with Gasteiger partial charge in [0.05, 0.1) is 6.10 Å². The summed E-state index contributed by atoms with van der Waals surface area (Å²) in [6, 6.07) is -0.914. The van der Waals surface area contributed by atoms with E-state index in [0.29, 0.717) is 12.2 Å². The van der Waals surface area contributed by atoms with Crippen LogP contribution in [0.2, 0.25) is 0 Å². The van der Waals surface area contributed by atoms with Gasteiger partial charge in [0.2, 0.25) is 5.95 Å². The van der Waals surface area contributed by atoms with E-state index in [-0.39, 0.29) is 22.9 Å². The van der Waals surface area contributed by atoms with Crippen LogP contribution in [0.1, 0.15) is 19.6 Å². The lowest BCUT2D eigenvalue weighted by Gasteiger charge is -2.21. The average molecular weight is 398 g/mol. The molecule has 6 N–H and O–H groups in total. The molecule has 1 fully saturated rings. The fraction of sp³-hybridized carbons (Fsp3) is 0.600. The molecule has 27 heavy (non-hydrogen) atoms. The molecule has 11 nitrogen and oxygen atoms in total. The third-order valence-electron chi connectivity index (χ3n) is 4.45. The quantitative estimate of drug-likeness (QED) is 0.414. The molecule has 1 aliphatic rings. The van der Waals surface area contributed by atoms with Crippen LogP contribution in [0.3, 0.4) is 0 Å². The molecule has 5 atom stereocenters. The fourth-order valence-electron chi connectivity index (χ4n) is 2.96. The number of aliphatic carboxylic acids is 1. The number of nitrogens with one attached hydrogen (secondary N) is 1. The minimum Gasteiger partial charge on any atom is -0.480 e. The summed E-state index contributed by atoms with van der Waals surface area (Å²) in [6.07, 6.45) is -0.504. The van der Waals surface area contributed by atoms with E-state index in [1.54, 1.807) is 6.92 Å².